The maximum Gasteiger partial charge on any atom is 0.283 e. The van der Waals surface area contributed by atoms with Crippen molar-refractivity contribution in [2.75, 3.05) is 6.54 Å². The number of aryl methyl sites for hydroxylation is 1. The standard InChI is InChI=1S/C13H13ClN4O3/c14-10-3-4-11(12(9-10)18(20)21)13(19)15-5-1-7-17-8-2-6-16-17/h2-4,6,8-9H,1,5,7H2,(H,15,19). The number of carbonyl (C=O) groups is 1. The summed E-state index contributed by atoms with van der Waals surface area (Å²) in [6.45, 7) is 1.06. The van der Waals surface area contributed by atoms with E-state index in [2.05, 4.69) is 10.4 Å². The molecule has 0 aliphatic rings. The van der Waals surface area contributed by atoms with Gasteiger partial charge in [0.05, 0.1) is 4.92 Å². The van der Waals surface area contributed by atoms with Crippen LogP contribution >= 0.6 is 11.6 Å². The fourth-order valence-corrected chi connectivity index (χ4v) is 1.99. The van der Waals surface area contributed by atoms with E-state index in [1.807, 2.05) is 12.3 Å². The van der Waals surface area contributed by atoms with Crippen LogP contribution in [-0.2, 0) is 6.54 Å². The number of carbonyl (C=O) groups excluding carboxylic acids is 1. The molecule has 0 fully saturated rings. The lowest BCUT2D eigenvalue weighted by Crippen LogP contribution is -2.26. The smallest absolute Gasteiger partial charge is 0.283 e. The van der Waals surface area contributed by atoms with Crippen LogP contribution in [0.5, 0.6) is 0 Å². The van der Waals surface area contributed by atoms with E-state index in [-0.39, 0.29) is 16.3 Å². The predicted octanol–water partition coefficient (Wildman–Crippen LogP) is 2.26. The number of halogens is 1. The Morgan fingerprint density at radius 3 is 2.95 bits per heavy atom. The summed E-state index contributed by atoms with van der Waals surface area (Å²) >= 11 is 5.70. The Balaban J connectivity index is 1.92. The molecule has 0 aliphatic carbocycles. The average Bonchev–Trinajstić information content (AvgIpc) is 2.96. The first kappa shape index (κ1) is 15.0. The number of nitro groups is 1. The molecule has 8 heteroatoms. The lowest BCUT2D eigenvalue weighted by atomic mass is 10.1. The van der Waals surface area contributed by atoms with Crippen molar-refractivity contribution in [3.05, 3.63) is 57.4 Å². The summed E-state index contributed by atoms with van der Waals surface area (Å²) in [5, 5.41) is 17.8. The highest BCUT2D eigenvalue weighted by Crippen LogP contribution is 2.22. The Bertz CT molecular complexity index is 643. The van der Waals surface area contributed by atoms with Gasteiger partial charge in [-0.2, -0.15) is 5.10 Å². The van der Waals surface area contributed by atoms with Crippen LogP contribution in [0.4, 0.5) is 5.69 Å². The number of amides is 1. The summed E-state index contributed by atoms with van der Waals surface area (Å²) in [4.78, 5) is 22.3. The molecule has 0 saturated carbocycles. The molecular formula is C13H13ClN4O3. The summed E-state index contributed by atoms with van der Waals surface area (Å²) in [6.07, 6.45) is 4.18. The highest BCUT2D eigenvalue weighted by atomic mass is 35.5. The van der Waals surface area contributed by atoms with Crippen molar-refractivity contribution in [2.24, 2.45) is 0 Å². The zero-order valence-electron chi connectivity index (χ0n) is 11.0. The van der Waals surface area contributed by atoms with Gasteiger partial charge < -0.3 is 5.32 Å². The maximum atomic E-state index is 12.0. The molecule has 2 aromatic rings. The number of nitro benzene ring substituents is 1. The minimum Gasteiger partial charge on any atom is -0.352 e. The van der Waals surface area contributed by atoms with Gasteiger partial charge >= 0.3 is 0 Å². The number of aromatic nitrogens is 2. The van der Waals surface area contributed by atoms with Crippen LogP contribution in [0.25, 0.3) is 0 Å². The Morgan fingerprint density at radius 2 is 2.29 bits per heavy atom. The van der Waals surface area contributed by atoms with Gasteiger partial charge in [0.2, 0.25) is 0 Å². The average molecular weight is 309 g/mol. The molecule has 0 atom stereocenters. The van der Waals surface area contributed by atoms with E-state index in [0.29, 0.717) is 19.5 Å². The van der Waals surface area contributed by atoms with Gasteiger partial charge in [-0.05, 0) is 24.6 Å². The molecule has 1 N–H and O–H groups in total. The lowest BCUT2D eigenvalue weighted by Gasteiger charge is -2.06. The molecule has 0 saturated heterocycles. The van der Waals surface area contributed by atoms with Crippen molar-refractivity contribution < 1.29 is 9.72 Å². The van der Waals surface area contributed by atoms with Crippen molar-refractivity contribution in [3.8, 4) is 0 Å². The second kappa shape index (κ2) is 6.85. The fraction of sp³-hybridized carbons (Fsp3) is 0.231. The van der Waals surface area contributed by atoms with Crippen molar-refractivity contribution in [1.82, 2.24) is 15.1 Å². The molecule has 2 rings (SSSR count). The molecule has 1 aromatic carbocycles. The van der Waals surface area contributed by atoms with Crippen LogP contribution in [0.2, 0.25) is 5.02 Å². The summed E-state index contributed by atoms with van der Waals surface area (Å²) in [7, 11) is 0. The van der Waals surface area contributed by atoms with E-state index in [1.54, 1.807) is 10.9 Å². The van der Waals surface area contributed by atoms with Gasteiger partial charge in [0.1, 0.15) is 5.56 Å². The number of hydrogen-bond acceptors (Lipinski definition) is 4. The minimum absolute atomic E-state index is 0.00323. The monoisotopic (exact) mass is 308 g/mol. The van der Waals surface area contributed by atoms with E-state index in [4.69, 9.17) is 11.6 Å². The van der Waals surface area contributed by atoms with Crippen molar-refractivity contribution in [1.29, 1.82) is 0 Å². The molecule has 0 bridgehead atoms. The highest BCUT2D eigenvalue weighted by Gasteiger charge is 2.20. The topological polar surface area (TPSA) is 90.1 Å². The third-order valence-corrected chi connectivity index (χ3v) is 3.04. The van der Waals surface area contributed by atoms with Crippen LogP contribution < -0.4 is 5.32 Å². The quantitative estimate of drug-likeness (QED) is 0.503. The molecule has 1 heterocycles. The number of rotatable bonds is 6. The molecule has 110 valence electrons. The summed E-state index contributed by atoms with van der Waals surface area (Å²) in [5.74, 6) is -0.487. The number of nitrogens with one attached hydrogen (secondary N) is 1. The van der Waals surface area contributed by atoms with E-state index in [1.165, 1.54) is 18.2 Å². The van der Waals surface area contributed by atoms with E-state index in [0.717, 1.165) is 0 Å². The fourth-order valence-electron chi connectivity index (χ4n) is 1.82. The van der Waals surface area contributed by atoms with E-state index in [9.17, 15) is 14.9 Å². The Hall–Kier alpha value is -2.41. The molecule has 21 heavy (non-hydrogen) atoms. The second-order valence-corrected chi connectivity index (χ2v) is 4.73. The van der Waals surface area contributed by atoms with Crippen LogP contribution in [0, 0.1) is 10.1 Å². The molecule has 0 radical (unpaired) electrons. The summed E-state index contributed by atoms with van der Waals surface area (Å²) in [5.41, 5.74) is -0.296. The van der Waals surface area contributed by atoms with Gasteiger partial charge in [0.25, 0.3) is 11.6 Å². The molecule has 1 amide bonds. The van der Waals surface area contributed by atoms with E-state index >= 15 is 0 Å². The van der Waals surface area contributed by atoms with Gasteiger partial charge in [-0.25, -0.2) is 0 Å². The van der Waals surface area contributed by atoms with E-state index < -0.39 is 10.8 Å². The molecular weight excluding hydrogens is 296 g/mol. The molecule has 1 aromatic heterocycles. The Kier molecular flexibility index (Phi) is 4.89. The molecule has 7 nitrogen and oxygen atoms in total. The SMILES string of the molecule is O=C(NCCCn1cccn1)c1ccc(Cl)cc1[N+](=O)[O-]. The Labute approximate surface area is 125 Å². The first-order valence-electron chi connectivity index (χ1n) is 6.27. The van der Waals surface area contributed by atoms with Crippen LogP contribution in [0.15, 0.2) is 36.7 Å². The summed E-state index contributed by atoms with van der Waals surface area (Å²) < 4.78 is 1.75. The van der Waals surface area contributed by atoms with Gasteiger partial charge in [0, 0.05) is 36.6 Å². The van der Waals surface area contributed by atoms with Crippen LogP contribution in [-0.4, -0.2) is 27.2 Å². The summed E-state index contributed by atoms with van der Waals surface area (Å²) in [6, 6.07) is 5.78. The van der Waals surface area contributed by atoms with Crippen molar-refractivity contribution in [3.63, 3.8) is 0 Å². The number of benzene rings is 1. The zero-order chi connectivity index (χ0) is 15.2. The number of hydrogen-bond donors (Lipinski definition) is 1. The Morgan fingerprint density at radius 1 is 1.48 bits per heavy atom. The lowest BCUT2D eigenvalue weighted by molar-refractivity contribution is -0.385. The predicted molar refractivity (Wildman–Crippen MR) is 77.3 cm³/mol. The largest absolute Gasteiger partial charge is 0.352 e. The molecule has 0 spiro atoms. The first-order chi connectivity index (χ1) is 10.1. The van der Waals surface area contributed by atoms with Crippen molar-refractivity contribution >= 4 is 23.2 Å². The maximum absolute atomic E-state index is 12.0. The second-order valence-electron chi connectivity index (χ2n) is 4.30. The molecule has 0 aliphatic heterocycles. The van der Waals surface area contributed by atoms with Gasteiger partial charge in [0.15, 0.2) is 0 Å². The molecule has 0 unspecified atom stereocenters. The van der Waals surface area contributed by atoms with Gasteiger partial charge in [-0.3, -0.25) is 19.6 Å². The highest BCUT2D eigenvalue weighted by molar-refractivity contribution is 6.31. The third kappa shape index (κ3) is 4.03. The third-order valence-electron chi connectivity index (χ3n) is 2.81. The van der Waals surface area contributed by atoms with Crippen LogP contribution in [0.3, 0.4) is 0 Å². The normalized spacial score (nSPS) is 10.3. The van der Waals surface area contributed by atoms with Gasteiger partial charge in [-0.15, -0.1) is 0 Å². The first-order valence-corrected chi connectivity index (χ1v) is 6.65. The van der Waals surface area contributed by atoms with Crippen molar-refractivity contribution in [2.45, 2.75) is 13.0 Å². The zero-order valence-corrected chi connectivity index (χ0v) is 11.8. The minimum atomic E-state index is -0.621. The number of nitrogens with zero attached hydrogens (tertiary/aromatic N) is 3. The van der Waals surface area contributed by atoms with Gasteiger partial charge in [-0.1, -0.05) is 11.6 Å². The van der Waals surface area contributed by atoms with Crippen LogP contribution in [0.1, 0.15) is 16.8 Å².